The van der Waals surface area contributed by atoms with Crippen LogP contribution in [0.15, 0.2) is 42.6 Å². The van der Waals surface area contributed by atoms with Crippen molar-refractivity contribution in [3.05, 3.63) is 58.9 Å². The van der Waals surface area contributed by atoms with Gasteiger partial charge in [-0.15, -0.1) is 0 Å². The molecule has 3 heterocycles. The molecule has 1 fully saturated rings. The number of ether oxygens (including phenoxy) is 1. The predicted molar refractivity (Wildman–Crippen MR) is 123 cm³/mol. The molecule has 156 valence electrons. The molecule has 2 aromatic heterocycles. The maximum Gasteiger partial charge on any atom is 0.188 e. The van der Waals surface area contributed by atoms with E-state index in [9.17, 15) is 0 Å². The Morgan fingerprint density at radius 2 is 2.10 bits per heavy atom. The molecule has 0 aliphatic carbocycles. The number of aryl methyl sites for hydroxylation is 1. The van der Waals surface area contributed by atoms with E-state index in [1.165, 1.54) is 5.56 Å². The van der Waals surface area contributed by atoms with Gasteiger partial charge in [-0.1, -0.05) is 29.5 Å². The van der Waals surface area contributed by atoms with Gasteiger partial charge in [-0.2, -0.15) is 0 Å². The molecule has 0 spiro atoms. The topological polar surface area (TPSA) is 75.2 Å². The van der Waals surface area contributed by atoms with Crippen LogP contribution in [0.2, 0.25) is 0 Å². The van der Waals surface area contributed by atoms with E-state index in [1.54, 1.807) is 18.4 Å². The van der Waals surface area contributed by atoms with Crippen molar-refractivity contribution in [2.75, 3.05) is 43.5 Å². The molecule has 0 saturated carbocycles. The number of anilines is 3. The second-order valence-electron chi connectivity index (χ2n) is 7.05. The van der Waals surface area contributed by atoms with Gasteiger partial charge in [0.2, 0.25) is 0 Å². The highest BCUT2D eigenvalue weighted by Crippen LogP contribution is 2.25. The number of thiazole rings is 1. The smallest absolute Gasteiger partial charge is 0.188 e. The van der Waals surface area contributed by atoms with Gasteiger partial charge in [0.25, 0.3) is 0 Å². The molecule has 8 heteroatoms. The number of hydrogen-bond donors (Lipinski definition) is 2. The van der Waals surface area contributed by atoms with Gasteiger partial charge >= 0.3 is 0 Å². The fourth-order valence-electron chi connectivity index (χ4n) is 3.31. The van der Waals surface area contributed by atoms with Gasteiger partial charge in [-0.25, -0.2) is 15.0 Å². The van der Waals surface area contributed by atoms with Crippen LogP contribution < -0.4 is 20.3 Å². The van der Waals surface area contributed by atoms with Crippen LogP contribution in [0.1, 0.15) is 16.3 Å². The second-order valence-corrected chi connectivity index (χ2v) is 8.11. The van der Waals surface area contributed by atoms with Crippen molar-refractivity contribution in [1.29, 1.82) is 0 Å². The lowest BCUT2D eigenvalue weighted by Crippen LogP contribution is -2.44. The minimum atomic E-state index is 0.753. The Hall–Kier alpha value is -2.97. The van der Waals surface area contributed by atoms with Crippen LogP contribution in [-0.4, -0.2) is 48.2 Å². The average molecular weight is 423 g/mol. The predicted octanol–water partition coefficient (Wildman–Crippen LogP) is 3.66. The maximum absolute atomic E-state index is 5.28. The summed E-state index contributed by atoms with van der Waals surface area (Å²) in [5.74, 6) is 3.37. The maximum atomic E-state index is 5.28. The fourth-order valence-corrected chi connectivity index (χ4v) is 4.07. The molecule has 0 radical (unpaired) electrons. The molecule has 1 saturated heterocycles. The summed E-state index contributed by atoms with van der Waals surface area (Å²) in [6.07, 6.45) is 6.96. The van der Waals surface area contributed by atoms with E-state index in [-0.39, 0.29) is 0 Å². The summed E-state index contributed by atoms with van der Waals surface area (Å²) in [7, 11) is 1.69. The van der Waals surface area contributed by atoms with E-state index in [1.807, 2.05) is 31.3 Å². The third-order valence-corrected chi connectivity index (χ3v) is 5.67. The zero-order chi connectivity index (χ0) is 20.8. The standard InChI is InChI=1S/C22H26N6OS/c1-16-25-20(14-21(26-16)28-11-9-23-10-12-28)27-22-24-15-19(30-22)8-4-6-17-5-3-7-18(13-17)29-2/h3-5,7-8,13-15,23H,6,9-12H2,1-2H3,(H,24,25,26,27). The van der Waals surface area contributed by atoms with Gasteiger partial charge in [0, 0.05) is 43.3 Å². The van der Waals surface area contributed by atoms with Crippen molar-refractivity contribution in [1.82, 2.24) is 20.3 Å². The fraction of sp³-hybridized carbons (Fsp3) is 0.318. The lowest BCUT2D eigenvalue weighted by Gasteiger charge is -2.28. The first kappa shape index (κ1) is 20.3. The van der Waals surface area contributed by atoms with Crippen LogP contribution in [0, 0.1) is 6.92 Å². The Morgan fingerprint density at radius 1 is 1.23 bits per heavy atom. The first-order valence-corrected chi connectivity index (χ1v) is 10.8. The van der Waals surface area contributed by atoms with Gasteiger partial charge in [-0.05, 0) is 37.1 Å². The van der Waals surface area contributed by atoms with Crippen molar-refractivity contribution in [2.45, 2.75) is 13.3 Å². The lowest BCUT2D eigenvalue weighted by molar-refractivity contribution is 0.414. The summed E-state index contributed by atoms with van der Waals surface area (Å²) >= 11 is 1.60. The monoisotopic (exact) mass is 422 g/mol. The van der Waals surface area contributed by atoms with E-state index >= 15 is 0 Å². The largest absolute Gasteiger partial charge is 0.497 e. The molecule has 1 aliphatic rings. The van der Waals surface area contributed by atoms with Gasteiger partial charge in [0.15, 0.2) is 5.13 Å². The van der Waals surface area contributed by atoms with E-state index in [4.69, 9.17) is 4.74 Å². The van der Waals surface area contributed by atoms with E-state index in [2.05, 4.69) is 54.8 Å². The average Bonchev–Trinajstić information content (AvgIpc) is 3.21. The minimum absolute atomic E-state index is 0.753. The number of rotatable bonds is 7. The molecule has 7 nitrogen and oxygen atoms in total. The Kier molecular flexibility index (Phi) is 6.56. The zero-order valence-corrected chi connectivity index (χ0v) is 18.1. The Morgan fingerprint density at radius 3 is 2.93 bits per heavy atom. The molecule has 0 amide bonds. The van der Waals surface area contributed by atoms with E-state index in [0.29, 0.717) is 0 Å². The molecule has 1 aliphatic heterocycles. The molecular weight excluding hydrogens is 396 g/mol. The van der Waals surface area contributed by atoms with Crippen molar-refractivity contribution < 1.29 is 4.74 Å². The number of nitrogens with one attached hydrogen (secondary N) is 2. The lowest BCUT2D eigenvalue weighted by atomic mass is 10.1. The van der Waals surface area contributed by atoms with Crippen LogP contribution in [-0.2, 0) is 6.42 Å². The first-order chi connectivity index (χ1) is 14.7. The highest BCUT2D eigenvalue weighted by Gasteiger charge is 2.14. The van der Waals surface area contributed by atoms with Crippen molar-refractivity contribution in [2.24, 2.45) is 0 Å². The van der Waals surface area contributed by atoms with Crippen LogP contribution >= 0.6 is 11.3 Å². The molecule has 0 atom stereocenters. The van der Waals surface area contributed by atoms with Crippen LogP contribution in [0.25, 0.3) is 6.08 Å². The molecule has 0 unspecified atom stereocenters. The summed E-state index contributed by atoms with van der Waals surface area (Å²) in [6.45, 7) is 5.78. The number of nitrogens with zero attached hydrogens (tertiary/aromatic N) is 4. The van der Waals surface area contributed by atoms with Crippen LogP contribution in [0.5, 0.6) is 5.75 Å². The van der Waals surface area contributed by atoms with Crippen molar-refractivity contribution in [3.63, 3.8) is 0 Å². The molecular formula is C22H26N6OS. The number of aromatic nitrogens is 3. The Balaban J connectivity index is 1.40. The SMILES string of the molecule is COc1cccc(CC=Cc2cnc(Nc3cc(N4CCNCC4)nc(C)n3)s2)c1. The number of allylic oxidation sites excluding steroid dienone is 1. The summed E-state index contributed by atoms with van der Waals surface area (Å²) in [5, 5.41) is 7.52. The van der Waals surface area contributed by atoms with Gasteiger partial charge in [0.1, 0.15) is 23.2 Å². The number of methoxy groups -OCH3 is 1. The highest BCUT2D eigenvalue weighted by molar-refractivity contribution is 7.16. The van der Waals surface area contributed by atoms with Crippen molar-refractivity contribution >= 4 is 34.2 Å². The zero-order valence-electron chi connectivity index (χ0n) is 17.3. The number of benzene rings is 1. The summed E-state index contributed by atoms with van der Waals surface area (Å²) in [6, 6.07) is 10.1. The summed E-state index contributed by atoms with van der Waals surface area (Å²) < 4.78 is 5.28. The Bertz CT molecular complexity index is 1010. The molecule has 4 rings (SSSR count). The van der Waals surface area contributed by atoms with E-state index in [0.717, 1.165) is 65.8 Å². The quantitative estimate of drug-likeness (QED) is 0.602. The normalized spacial score (nSPS) is 14.3. The molecule has 2 N–H and O–H groups in total. The third-order valence-electron chi connectivity index (χ3n) is 4.79. The van der Waals surface area contributed by atoms with Gasteiger partial charge < -0.3 is 20.3 Å². The number of piperazine rings is 1. The minimum Gasteiger partial charge on any atom is -0.497 e. The van der Waals surface area contributed by atoms with E-state index < -0.39 is 0 Å². The Labute approximate surface area is 180 Å². The first-order valence-electron chi connectivity index (χ1n) is 10.0. The number of hydrogen-bond acceptors (Lipinski definition) is 8. The van der Waals surface area contributed by atoms with Gasteiger partial charge in [-0.3, -0.25) is 0 Å². The molecule has 0 bridgehead atoms. The third kappa shape index (κ3) is 5.34. The van der Waals surface area contributed by atoms with Crippen LogP contribution in [0.3, 0.4) is 0 Å². The second kappa shape index (κ2) is 9.69. The molecule has 3 aromatic rings. The summed E-state index contributed by atoms with van der Waals surface area (Å²) in [5.41, 5.74) is 1.21. The van der Waals surface area contributed by atoms with Crippen molar-refractivity contribution in [3.8, 4) is 5.75 Å². The molecule has 30 heavy (non-hydrogen) atoms. The van der Waals surface area contributed by atoms with Gasteiger partial charge in [0.05, 0.1) is 7.11 Å². The highest BCUT2D eigenvalue weighted by atomic mass is 32.1. The summed E-state index contributed by atoms with van der Waals surface area (Å²) in [4.78, 5) is 17.0. The molecule has 1 aromatic carbocycles. The van der Waals surface area contributed by atoms with Crippen LogP contribution in [0.4, 0.5) is 16.8 Å².